The van der Waals surface area contributed by atoms with E-state index in [9.17, 15) is 9.90 Å². The summed E-state index contributed by atoms with van der Waals surface area (Å²) < 4.78 is 29.0. The van der Waals surface area contributed by atoms with Crippen LogP contribution in [0.2, 0.25) is 0 Å². The number of aliphatic hydroxyl groups is 1. The van der Waals surface area contributed by atoms with Gasteiger partial charge in [-0.3, -0.25) is 4.79 Å². The molecular formula is C23H23BrO7. The molecule has 0 radical (unpaired) electrons. The average molecular weight is 487 g/mol. The molecular weight excluding hydrogens is 464 g/mol. The predicted molar refractivity (Wildman–Crippen MR) is 116 cm³/mol. The number of alkyl halides is 1. The molecule has 0 spiro atoms. The number of hydrogen-bond acceptors (Lipinski definition) is 7. The summed E-state index contributed by atoms with van der Waals surface area (Å²) in [5.41, 5.74) is 1.01. The van der Waals surface area contributed by atoms with E-state index in [1.165, 1.54) is 0 Å². The van der Waals surface area contributed by atoms with Gasteiger partial charge in [0.1, 0.15) is 41.7 Å². The third-order valence-corrected chi connectivity index (χ3v) is 7.42. The molecule has 0 saturated carbocycles. The molecule has 5 rings (SSSR count). The van der Waals surface area contributed by atoms with E-state index < -0.39 is 23.7 Å². The van der Waals surface area contributed by atoms with Crippen LogP contribution in [0, 0.1) is 0 Å². The Morgan fingerprint density at radius 2 is 1.90 bits per heavy atom. The molecule has 4 atom stereocenters. The van der Waals surface area contributed by atoms with E-state index in [-0.39, 0.29) is 12.4 Å². The number of carbonyl (C=O) groups excluding carboxylic acids is 1. The lowest BCUT2D eigenvalue weighted by molar-refractivity contribution is -0.0181. The first-order valence-corrected chi connectivity index (χ1v) is 11.2. The van der Waals surface area contributed by atoms with E-state index in [0.29, 0.717) is 46.1 Å². The van der Waals surface area contributed by atoms with Crippen molar-refractivity contribution in [3.8, 4) is 28.7 Å². The first-order chi connectivity index (χ1) is 14.9. The van der Waals surface area contributed by atoms with Crippen LogP contribution in [0.3, 0.4) is 0 Å². The molecule has 1 unspecified atom stereocenters. The Morgan fingerprint density at radius 1 is 1.16 bits per heavy atom. The zero-order valence-corrected chi connectivity index (χ0v) is 19.0. The third kappa shape index (κ3) is 3.07. The molecule has 0 aromatic heterocycles. The van der Waals surface area contributed by atoms with Crippen LogP contribution in [0.1, 0.15) is 34.3 Å². The van der Waals surface area contributed by atoms with Crippen LogP contribution < -0.4 is 23.7 Å². The zero-order chi connectivity index (χ0) is 21.9. The second kappa shape index (κ2) is 7.31. The fraction of sp³-hybridized carbons (Fsp3) is 0.435. The highest BCUT2D eigenvalue weighted by Gasteiger charge is 2.47. The van der Waals surface area contributed by atoms with Gasteiger partial charge in [-0.05, 0) is 25.1 Å². The van der Waals surface area contributed by atoms with Crippen LogP contribution in [-0.2, 0) is 6.42 Å². The van der Waals surface area contributed by atoms with Crippen molar-refractivity contribution in [1.82, 2.24) is 0 Å². The quantitative estimate of drug-likeness (QED) is 0.663. The Morgan fingerprint density at radius 3 is 2.61 bits per heavy atom. The molecule has 0 bridgehead atoms. The van der Waals surface area contributed by atoms with E-state index in [4.69, 9.17) is 23.7 Å². The van der Waals surface area contributed by atoms with Crippen molar-refractivity contribution in [3.05, 3.63) is 41.0 Å². The van der Waals surface area contributed by atoms with Crippen molar-refractivity contribution in [3.63, 3.8) is 0 Å². The van der Waals surface area contributed by atoms with Gasteiger partial charge in [-0.2, -0.15) is 0 Å². The van der Waals surface area contributed by atoms with Crippen molar-refractivity contribution in [2.24, 2.45) is 0 Å². The van der Waals surface area contributed by atoms with Crippen LogP contribution in [-0.4, -0.2) is 54.9 Å². The maximum atomic E-state index is 13.6. The lowest BCUT2D eigenvalue weighted by Crippen LogP contribution is -2.44. The SMILES string of the molecule is COc1cc2c(cc1OC)[C@@H]1C(=O)c3ccc4c(c3O[C@@H]1CO2)CC([C@@](C)(O)C[76Br])O4. The first-order valence-electron chi connectivity index (χ1n) is 10.1. The summed E-state index contributed by atoms with van der Waals surface area (Å²) in [5, 5.41) is 11.0. The number of hydrogen-bond donors (Lipinski definition) is 1. The van der Waals surface area contributed by atoms with Gasteiger partial charge in [-0.15, -0.1) is 0 Å². The summed E-state index contributed by atoms with van der Waals surface area (Å²) in [7, 11) is 3.12. The minimum atomic E-state index is -1.05. The Kier molecular flexibility index (Phi) is 4.82. The van der Waals surface area contributed by atoms with E-state index in [1.54, 1.807) is 45.4 Å². The summed E-state index contributed by atoms with van der Waals surface area (Å²) in [5.74, 6) is 2.32. The van der Waals surface area contributed by atoms with Crippen molar-refractivity contribution in [2.75, 3.05) is 26.2 Å². The third-order valence-electron chi connectivity index (χ3n) is 6.28. The summed E-state index contributed by atoms with van der Waals surface area (Å²) in [6.07, 6.45) is -0.428. The summed E-state index contributed by atoms with van der Waals surface area (Å²) in [4.78, 5) is 13.6. The highest BCUT2D eigenvalue weighted by molar-refractivity contribution is 9.09. The number of ether oxygens (including phenoxy) is 5. The van der Waals surface area contributed by atoms with Gasteiger partial charge in [0, 0.05) is 28.9 Å². The number of fused-ring (bicyclic) bond motifs is 6. The van der Waals surface area contributed by atoms with Crippen molar-refractivity contribution >= 4 is 21.7 Å². The van der Waals surface area contributed by atoms with Crippen LogP contribution in [0.15, 0.2) is 24.3 Å². The second-order valence-corrected chi connectivity index (χ2v) is 8.84. The van der Waals surface area contributed by atoms with Crippen molar-refractivity contribution < 1.29 is 33.6 Å². The highest BCUT2D eigenvalue weighted by atomic mass is 75.9. The standard InChI is InChI=1S/C23H23BrO7/c1-23(26,10-24)19-7-13-14(30-19)5-4-11-21(25)20-12-6-16(27-2)17(28-3)8-15(12)29-9-18(20)31-22(11)13/h4-6,8,18-20,26H,7,9-10H2,1-3H3/t18-,19?,20+,23+/m1/s1/i24-4. The molecule has 3 aliphatic rings. The molecule has 3 aliphatic heterocycles. The van der Waals surface area contributed by atoms with Gasteiger partial charge in [0.05, 0.1) is 25.7 Å². The van der Waals surface area contributed by atoms with Gasteiger partial charge in [-0.1, -0.05) is 15.9 Å². The second-order valence-electron chi connectivity index (χ2n) is 8.27. The zero-order valence-electron chi connectivity index (χ0n) is 17.4. The molecule has 31 heavy (non-hydrogen) atoms. The van der Waals surface area contributed by atoms with Gasteiger partial charge in [0.15, 0.2) is 17.3 Å². The Balaban J connectivity index is 1.55. The average Bonchev–Trinajstić information content (AvgIpc) is 3.23. The number of benzene rings is 2. The van der Waals surface area contributed by atoms with Gasteiger partial charge in [-0.25, -0.2) is 0 Å². The molecule has 0 aliphatic carbocycles. The largest absolute Gasteiger partial charge is 0.493 e. The molecule has 0 amide bonds. The van der Waals surface area contributed by atoms with E-state index in [1.807, 2.05) is 0 Å². The minimum Gasteiger partial charge on any atom is -0.493 e. The smallest absolute Gasteiger partial charge is 0.178 e. The number of methoxy groups -OCH3 is 2. The molecule has 8 heteroatoms. The lowest BCUT2D eigenvalue weighted by Gasteiger charge is -2.37. The molecule has 0 saturated heterocycles. The number of Topliss-reactive ketones (excluding diaryl/α,β-unsaturated/α-hetero) is 1. The van der Waals surface area contributed by atoms with Gasteiger partial charge in [0.2, 0.25) is 0 Å². The summed E-state index contributed by atoms with van der Waals surface area (Å²) in [6, 6.07) is 7.07. The van der Waals surface area contributed by atoms with Crippen LogP contribution in [0.4, 0.5) is 0 Å². The van der Waals surface area contributed by atoms with Gasteiger partial charge >= 0.3 is 0 Å². The van der Waals surface area contributed by atoms with Crippen molar-refractivity contribution in [2.45, 2.75) is 37.1 Å². The maximum absolute atomic E-state index is 13.6. The van der Waals surface area contributed by atoms with E-state index in [0.717, 1.165) is 11.1 Å². The van der Waals surface area contributed by atoms with Crippen LogP contribution in [0.5, 0.6) is 28.7 Å². The summed E-state index contributed by atoms with van der Waals surface area (Å²) in [6.45, 7) is 1.96. The number of rotatable bonds is 4. The molecule has 164 valence electrons. The number of halogens is 1. The Labute approximate surface area is 188 Å². The van der Waals surface area contributed by atoms with E-state index >= 15 is 0 Å². The number of ketones is 1. The molecule has 1 N–H and O–H groups in total. The highest BCUT2D eigenvalue weighted by Crippen LogP contribution is 2.50. The topological polar surface area (TPSA) is 83.5 Å². The summed E-state index contributed by atoms with van der Waals surface area (Å²) >= 11 is 3.34. The predicted octanol–water partition coefficient (Wildman–Crippen LogP) is 3.27. The van der Waals surface area contributed by atoms with Gasteiger partial charge < -0.3 is 28.8 Å². The lowest BCUT2D eigenvalue weighted by atomic mass is 9.81. The molecule has 7 nitrogen and oxygen atoms in total. The van der Waals surface area contributed by atoms with Crippen LogP contribution in [0.25, 0.3) is 0 Å². The Bertz CT molecular complexity index is 1060. The number of carbonyl (C=O) groups is 1. The van der Waals surface area contributed by atoms with E-state index in [2.05, 4.69) is 15.9 Å². The van der Waals surface area contributed by atoms with Gasteiger partial charge in [0.25, 0.3) is 0 Å². The van der Waals surface area contributed by atoms with Crippen LogP contribution >= 0.6 is 15.9 Å². The monoisotopic (exact) mass is 487 g/mol. The fourth-order valence-corrected chi connectivity index (χ4v) is 4.86. The Hall–Kier alpha value is -2.45. The fourth-order valence-electron chi connectivity index (χ4n) is 4.50. The molecule has 2 aromatic rings. The molecule has 3 heterocycles. The minimum absolute atomic E-state index is 0.0264. The first kappa shape index (κ1) is 20.5. The molecule has 0 fully saturated rings. The maximum Gasteiger partial charge on any atom is 0.178 e. The van der Waals surface area contributed by atoms with Crippen molar-refractivity contribution in [1.29, 1.82) is 0 Å². The molecule has 2 aromatic carbocycles. The normalized spacial score (nSPS) is 24.9.